The summed E-state index contributed by atoms with van der Waals surface area (Å²) in [7, 11) is 0. The van der Waals surface area contributed by atoms with Crippen molar-refractivity contribution in [1.82, 2.24) is 5.32 Å². The molecule has 4 heteroatoms. The lowest BCUT2D eigenvalue weighted by Crippen LogP contribution is -2.41. The number of aryl methyl sites for hydroxylation is 1. The van der Waals surface area contributed by atoms with Gasteiger partial charge in [0.25, 0.3) is 5.91 Å². The zero-order chi connectivity index (χ0) is 13.1. The van der Waals surface area contributed by atoms with Crippen LogP contribution in [0.2, 0.25) is 0 Å². The highest BCUT2D eigenvalue weighted by molar-refractivity contribution is 14.1. The molecule has 0 aliphatic carbocycles. The van der Waals surface area contributed by atoms with E-state index < -0.39 is 0 Å². The summed E-state index contributed by atoms with van der Waals surface area (Å²) < 4.78 is 6.52. The van der Waals surface area contributed by atoms with E-state index in [1.165, 1.54) is 0 Å². The normalized spacial score (nSPS) is 23.7. The maximum Gasteiger partial charge on any atom is 0.252 e. The monoisotopic (exact) mass is 359 g/mol. The molecule has 1 N–H and O–H groups in total. The Morgan fingerprint density at radius 3 is 3.00 bits per heavy atom. The van der Waals surface area contributed by atoms with E-state index in [9.17, 15) is 4.79 Å². The van der Waals surface area contributed by atoms with Gasteiger partial charge < -0.3 is 10.1 Å². The van der Waals surface area contributed by atoms with Gasteiger partial charge in [0.2, 0.25) is 0 Å². The smallest absolute Gasteiger partial charge is 0.252 e. The third-order valence-electron chi connectivity index (χ3n) is 3.26. The summed E-state index contributed by atoms with van der Waals surface area (Å²) in [6.45, 7) is 4.81. The average molecular weight is 359 g/mol. The van der Waals surface area contributed by atoms with Crippen LogP contribution in [-0.4, -0.2) is 24.7 Å². The Hall–Kier alpha value is -0.620. The molecule has 0 aromatic heterocycles. The van der Waals surface area contributed by atoms with Crippen molar-refractivity contribution >= 4 is 28.5 Å². The standard InChI is InChI=1S/C14H18INO2/c1-9-4-3-5-12(13(9)15)14(17)16-11-6-7-18-10(2)8-11/h3-5,10-11H,6-8H2,1-2H3,(H,16,17). The Morgan fingerprint density at radius 2 is 2.28 bits per heavy atom. The molecule has 1 aliphatic rings. The zero-order valence-electron chi connectivity index (χ0n) is 10.7. The van der Waals surface area contributed by atoms with Crippen molar-refractivity contribution < 1.29 is 9.53 Å². The SMILES string of the molecule is Cc1cccc(C(=O)NC2CCOC(C)C2)c1I. The Morgan fingerprint density at radius 1 is 1.50 bits per heavy atom. The number of rotatable bonds is 2. The fourth-order valence-corrected chi connectivity index (χ4v) is 2.82. The first-order chi connectivity index (χ1) is 8.58. The molecule has 1 heterocycles. The molecule has 1 aromatic rings. The maximum atomic E-state index is 12.2. The maximum absolute atomic E-state index is 12.2. The fraction of sp³-hybridized carbons (Fsp3) is 0.500. The van der Waals surface area contributed by atoms with Crippen molar-refractivity contribution in [3.05, 3.63) is 32.9 Å². The molecule has 1 fully saturated rings. The topological polar surface area (TPSA) is 38.3 Å². The summed E-state index contributed by atoms with van der Waals surface area (Å²) in [5.74, 6) is 0.0298. The molecule has 1 amide bonds. The van der Waals surface area contributed by atoms with Crippen LogP contribution in [0.3, 0.4) is 0 Å². The number of amides is 1. The second kappa shape index (κ2) is 6.02. The highest BCUT2D eigenvalue weighted by Crippen LogP contribution is 2.18. The molecule has 2 rings (SSSR count). The first kappa shape index (κ1) is 13.8. The van der Waals surface area contributed by atoms with Crippen molar-refractivity contribution in [2.24, 2.45) is 0 Å². The summed E-state index contributed by atoms with van der Waals surface area (Å²) in [5, 5.41) is 3.11. The van der Waals surface area contributed by atoms with Crippen LogP contribution in [0.1, 0.15) is 35.7 Å². The minimum absolute atomic E-state index is 0.0298. The molecule has 1 aliphatic heterocycles. The molecule has 18 heavy (non-hydrogen) atoms. The van der Waals surface area contributed by atoms with E-state index in [1.54, 1.807) is 0 Å². The molecule has 1 saturated heterocycles. The van der Waals surface area contributed by atoms with Crippen molar-refractivity contribution in [1.29, 1.82) is 0 Å². The molecule has 0 saturated carbocycles. The van der Waals surface area contributed by atoms with Gasteiger partial charge in [-0.3, -0.25) is 4.79 Å². The van der Waals surface area contributed by atoms with Crippen LogP contribution in [0.5, 0.6) is 0 Å². The third kappa shape index (κ3) is 3.23. The quantitative estimate of drug-likeness (QED) is 0.825. The minimum Gasteiger partial charge on any atom is -0.378 e. The van der Waals surface area contributed by atoms with Gasteiger partial charge in [0.15, 0.2) is 0 Å². The summed E-state index contributed by atoms with van der Waals surface area (Å²) in [4.78, 5) is 12.2. The lowest BCUT2D eigenvalue weighted by molar-refractivity contribution is 0.0136. The van der Waals surface area contributed by atoms with Crippen molar-refractivity contribution in [2.75, 3.05) is 6.61 Å². The first-order valence-electron chi connectivity index (χ1n) is 6.25. The Kier molecular flexibility index (Phi) is 4.61. The third-order valence-corrected chi connectivity index (χ3v) is 4.69. The summed E-state index contributed by atoms with van der Waals surface area (Å²) >= 11 is 2.23. The average Bonchev–Trinajstić information content (AvgIpc) is 2.32. The van der Waals surface area contributed by atoms with Gasteiger partial charge >= 0.3 is 0 Å². The van der Waals surface area contributed by atoms with E-state index in [2.05, 4.69) is 34.8 Å². The number of ether oxygens (including phenoxy) is 1. The Labute approximate surface area is 121 Å². The number of halogens is 1. The lowest BCUT2D eigenvalue weighted by atomic mass is 10.0. The van der Waals surface area contributed by atoms with Gasteiger partial charge in [-0.05, 0) is 60.9 Å². The van der Waals surface area contributed by atoms with Crippen LogP contribution < -0.4 is 5.32 Å². The minimum atomic E-state index is 0.0298. The van der Waals surface area contributed by atoms with Gasteiger partial charge in [0.05, 0.1) is 11.7 Å². The van der Waals surface area contributed by atoms with Crippen LogP contribution in [0.25, 0.3) is 0 Å². The fourth-order valence-electron chi connectivity index (χ4n) is 2.22. The molecule has 0 radical (unpaired) electrons. The molecule has 3 nitrogen and oxygen atoms in total. The van der Waals surface area contributed by atoms with E-state index in [1.807, 2.05) is 25.1 Å². The van der Waals surface area contributed by atoms with Crippen LogP contribution in [0.15, 0.2) is 18.2 Å². The van der Waals surface area contributed by atoms with Crippen molar-refractivity contribution in [3.63, 3.8) is 0 Å². The van der Waals surface area contributed by atoms with E-state index in [0.29, 0.717) is 0 Å². The molecule has 2 atom stereocenters. The van der Waals surface area contributed by atoms with Crippen LogP contribution in [-0.2, 0) is 4.74 Å². The van der Waals surface area contributed by atoms with Gasteiger partial charge in [-0.25, -0.2) is 0 Å². The second-order valence-electron chi connectivity index (χ2n) is 4.81. The van der Waals surface area contributed by atoms with E-state index in [0.717, 1.165) is 34.1 Å². The van der Waals surface area contributed by atoms with Crippen LogP contribution >= 0.6 is 22.6 Å². The largest absolute Gasteiger partial charge is 0.378 e. The molecule has 0 bridgehead atoms. The van der Waals surface area contributed by atoms with Gasteiger partial charge in [0.1, 0.15) is 0 Å². The number of hydrogen-bond donors (Lipinski definition) is 1. The number of carbonyl (C=O) groups is 1. The molecule has 98 valence electrons. The number of nitrogens with one attached hydrogen (secondary N) is 1. The molecule has 2 unspecified atom stereocenters. The second-order valence-corrected chi connectivity index (χ2v) is 5.89. The summed E-state index contributed by atoms with van der Waals surface area (Å²) in [6.07, 6.45) is 2.03. The summed E-state index contributed by atoms with van der Waals surface area (Å²) in [6, 6.07) is 6.07. The van der Waals surface area contributed by atoms with Crippen LogP contribution in [0.4, 0.5) is 0 Å². The van der Waals surface area contributed by atoms with Gasteiger partial charge in [-0.15, -0.1) is 0 Å². The van der Waals surface area contributed by atoms with Gasteiger partial charge in [-0.2, -0.15) is 0 Å². The number of carbonyl (C=O) groups excluding carboxylic acids is 1. The van der Waals surface area contributed by atoms with E-state index in [4.69, 9.17) is 4.74 Å². The first-order valence-corrected chi connectivity index (χ1v) is 7.33. The van der Waals surface area contributed by atoms with Crippen molar-refractivity contribution in [3.8, 4) is 0 Å². The number of hydrogen-bond acceptors (Lipinski definition) is 2. The van der Waals surface area contributed by atoms with E-state index in [-0.39, 0.29) is 18.1 Å². The molecular formula is C14H18INO2. The van der Waals surface area contributed by atoms with Crippen LogP contribution in [0, 0.1) is 10.5 Å². The Balaban J connectivity index is 2.05. The molecule has 0 spiro atoms. The Bertz CT molecular complexity index is 447. The summed E-state index contributed by atoms with van der Waals surface area (Å²) in [5.41, 5.74) is 1.92. The highest BCUT2D eigenvalue weighted by Gasteiger charge is 2.22. The lowest BCUT2D eigenvalue weighted by Gasteiger charge is -2.28. The van der Waals surface area contributed by atoms with E-state index >= 15 is 0 Å². The predicted octanol–water partition coefficient (Wildman–Crippen LogP) is 2.90. The zero-order valence-corrected chi connectivity index (χ0v) is 12.9. The van der Waals surface area contributed by atoms with Gasteiger partial charge in [0, 0.05) is 16.2 Å². The molecular weight excluding hydrogens is 341 g/mol. The van der Waals surface area contributed by atoms with Gasteiger partial charge in [-0.1, -0.05) is 12.1 Å². The predicted molar refractivity (Wildman–Crippen MR) is 79.8 cm³/mol. The highest BCUT2D eigenvalue weighted by atomic mass is 127. The number of benzene rings is 1. The molecule has 1 aromatic carbocycles. The van der Waals surface area contributed by atoms with Crippen molar-refractivity contribution in [2.45, 2.75) is 38.8 Å².